The fourth-order valence-corrected chi connectivity index (χ4v) is 3.44. The Bertz CT molecular complexity index is 314. The van der Waals surface area contributed by atoms with Gasteiger partial charge in [-0.05, 0) is 58.5 Å². The molecule has 0 aromatic heterocycles. The fraction of sp³-hybridized carbons (Fsp3) is 0.938. The van der Waals surface area contributed by atoms with Crippen molar-refractivity contribution in [3.05, 3.63) is 0 Å². The molecule has 4 nitrogen and oxygen atoms in total. The zero-order valence-corrected chi connectivity index (χ0v) is 13.2. The first kappa shape index (κ1) is 15.8. The molecule has 2 saturated heterocycles. The minimum Gasteiger partial charge on any atom is -0.377 e. The normalized spacial score (nSPS) is 28.0. The van der Waals surface area contributed by atoms with E-state index in [1.165, 1.54) is 12.8 Å². The maximum absolute atomic E-state index is 12.9. The maximum atomic E-state index is 12.9. The Hall–Kier alpha value is -0.610. The smallest absolute Gasteiger partial charge is 0.228 e. The molecule has 2 rings (SSSR count). The lowest BCUT2D eigenvalue weighted by Gasteiger charge is -2.35. The van der Waals surface area contributed by atoms with Crippen molar-refractivity contribution >= 4 is 5.91 Å². The van der Waals surface area contributed by atoms with Crippen molar-refractivity contribution in [2.75, 3.05) is 26.2 Å². The molecule has 0 radical (unpaired) electrons. The summed E-state index contributed by atoms with van der Waals surface area (Å²) < 4.78 is 5.70. The first-order chi connectivity index (χ1) is 9.63. The molecule has 0 bridgehead atoms. The Morgan fingerprint density at radius 1 is 1.30 bits per heavy atom. The molecule has 0 aliphatic carbocycles. The number of hydrogen-bond acceptors (Lipinski definition) is 3. The number of carbonyl (C=O) groups is 1. The first-order valence-corrected chi connectivity index (χ1v) is 8.26. The molecule has 1 N–H and O–H groups in total. The van der Waals surface area contributed by atoms with Gasteiger partial charge in [0, 0.05) is 19.2 Å². The number of carbonyl (C=O) groups excluding carboxylic acids is 1. The quantitative estimate of drug-likeness (QED) is 0.839. The van der Waals surface area contributed by atoms with Crippen molar-refractivity contribution in [3.63, 3.8) is 0 Å². The van der Waals surface area contributed by atoms with Gasteiger partial charge in [0.2, 0.25) is 5.91 Å². The lowest BCUT2D eigenvalue weighted by molar-refractivity contribution is -0.140. The van der Waals surface area contributed by atoms with Gasteiger partial charge in [0.15, 0.2) is 0 Å². The van der Waals surface area contributed by atoms with Crippen LogP contribution in [0.15, 0.2) is 0 Å². The Kier molecular flexibility index (Phi) is 5.85. The highest BCUT2D eigenvalue weighted by Gasteiger charge is 2.36. The van der Waals surface area contributed by atoms with Gasteiger partial charge in [0.1, 0.15) is 0 Å². The third-order valence-electron chi connectivity index (χ3n) is 4.75. The van der Waals surface area contributed by atoms with Crippen LogP contribution in [0.4, 0.5) is 0 Å². The number of hydrogen-bond donors (Lipinski definition) is 1. The van der Waals surface area contributed by atoms with Gasteiger partial charge in [-0.15, -0.1) is 0 Å². The van der Waals surface area contributed by atoms with Crippen LogP contribution in [-0.2, 0) is 9.53 Å². The van der Waals surface area contributed by atoms with Gasteiger partial charge in [-0.25, -0.2) is 0 Å². The van der Waals surface area contributed by atoms with Crippen molar-refractivity contribution in [2.45, 2.75) is 58.6 Å². The predicted octanol–water partition coefficient (Wildman–Crippen LogP) is 2.04. The van der Waals surface area contributed by atoms with E-state index in [9.17, 15) is 4.79 Å². The van der Waals surface area contributed by atoms with Crippen LogP contribution in [0.25, 0.3) is 0 Å². The monoisotopic (exact) mass is 282 g/mol. The summed E-state index contributed by atoms with van der Waals surface area (Å²) in [7, 11) is 0. The van der Waals surface area contributed by atoms with Crippen molar-refractivity contribution in [1.82, 2.24) is 10.2 Å². The lowest BCUT2D eigenvalue weighted by Crippen LogP contribution is -2.46. The second kappa shape index (κ2) is 7.41. The fourth-order valence-electron chi connectivity index (χ4n) is 3.44. The second-order valence-electron chi connectivity index (χ2n) is 6.49. The zero-order valence-electron chi connectivity index (χ0n) is 13.2. The summed E-state index contributed by atoms with van der Waals surface area (Å²) in [5.74, 6) is 1.07. The van der Waals surface area contributed by atoms with Crippen molar-refractivity contribution < 1.29 is 9.53 Å². The summed E-state index contributed by atoms with van der Waals surface area (Å²) >= 11 is 0. The standard InChI is InChI=1S/C16H30N2O2/c1-4-15-14(7-10-20-15)16(19)18(12(2)3)11-13-5-8-17-9-6-13/h12-15,17H,4-11H2,1-3H3. The van der Waals surface area contributed by atoms with Gasteiger partial charge in [0.25, 0.3) is 0 Å². The summed E-state index contributed by atoms with van der Waals surface area (Å²) in [6, 6.07) is 0.287. The molecule has 2 aliphatic heterocycles. The van der Waals surface area contributed by atoms with Gasteiger partial charge in [-0.3, -0.25) is 4.79 Å². The van der Waals surface area contributed by atoms with Gasteiger partial charge < -0.3 is 15.0 Å². The highest BCUT2D eigenvalue weighted by atomic mass is 16.5. The highest BCUT2D eigenvalue weighted by Crippen LogP contribution is 2.27. The topological polar surface area (TPSA) is 41.6 Å². The van der Waals surface area contributed by atoms with Crippen molar-refractivity contribution in [3.8, 4) is 0 Å². The Morgan fingerprint density at radius 3 is 2.60 bits per heavy atom. The molecule has 2 fully saturated rings. The van der Waals surface area contributed by atoms with Crippen LogP contribution >= 0.6 is 0 Å². The summed E-state index contributed by atoms with van der Waals surface area (Å²) in [6.07, 6.45) is 4.35. The molecule has 20 heavy (non-hydrogen) atoms. The molecule has 116 valence electrons. The molecule has 0 aromatic carbocycles. The molecular weight excluding hydrogens is 252 g/mol. The SMILES string of the molecule is CCC1OCCC1C(=O)N(CC1CCNCC1)C(C)C. The van der Waals surface area contributed by atoms with Gasteiger partial charge in [0.05, 0.1) is 12.0 Å². The molecule has 2 aliphatic rings. The zero-order chi connectivity index (χ0) is 14.5. The Morgan fingerprint density at radius 2 is 2.00 bits per heavy atom. The van der Waals surface area contributed by atoms with E-state index in [0.717, 1.165) is 39.1 Å². The van der Waals surface area contributed by atoms with E-state index in [-0.39, 0.29) is 18.1 Å². The highest BCUT2D eigenvalue weighted by molar-refractivity contribution is 5.80. The van der Waals surface area contributed by atoms with Crippen LogP contribution in [0.5, 0.6) is 0 Å². The molecule has 2 atom stereocenters. The summed E-state index contributed by atoms with van der Waals surface area (Å²) in [5.41, 5.74) is 0. The summed E-state index contributed by atoms with van der Waals surface area (Å²) in [6.45, 7) is 10.2. The number of nitrogens with one attached hydrogen (secondary N) is 1. The van der Waals surface area contributed by atoms with Crippen LogP contribution < -0.4 is 5.32 Å². The summed E-state index contributed by atoms with van der Waals surface area (Å²) in [4.78, 5) is 15.0. The van der Waals surface area contributed by atoms with Crippen LogP contribution in [0.2, 0.25) is 0 Å². The van der Waals surface area contributed by atoms with Crippen molar-refractivity contribution in [1.29, 1.82) is 0 Å². The lowest BCUT2D eigenvalue weighted by atomic mass is 9.94. The minimum absolute atomic E-state index is 0.0871. The molecule has 2 unspecified atom stereocenters. The number of nitrogens with zero attached hydrogens (tertiary/aromatic N) is 1. The summed E-state index contributed by atoms with van der Waals surface area (Å²) in [5, 5.41) is 3.39. The minimum atomic E-state index is 0.0871. The molecular formula is C16H30N2O2. The number of ether oxygens (including phenoxy) is 1. The Labute approximate surface area is 123 Å². The maximum Gasteiger partial charge on any atom is 0.228 e. The van der Waals surface area contributed by atoms with E-state index in [1.807, 2.05) is 0 Å². The van der Waals surface area contributed by atoms with E-state index >= 15 is 0 Å². The molecule has 2 heterocycles. The third-order valence-corrected chi connectivity index (χ3v) is 4.75. The van der Waals surface area contributed by atoms with Crippen LogP contribution in [0.1, 0.15) is 46.5 Å². The first-order valence-electron chi connectivity index (χ1n) is 8.26. The molecule has 1 amide bonds. The average molecular weight is 282 g/mol. The van der Waals surface area contributed by atoms with Gasteiger partial charge in [-0.2, -0.15) is 0 Å². The van der Waals surface area contributed by atoms with Crippen LogP contribution in [-0.4, -0.2) is 49.2 Å². The number of rotatable bonds is 5. The predicted molar refractivity (Wildman–Crippen MR) is 80.6 cm³/mol. The van der Waals surface area contributed by atoms with E-state index < -0.39 is 0 Å². The van der Waals surface area contributed by atoms with Gasteiger partial charge in [-0.1, -0.05) is 6.92 Å². The third kappa shape index (κ3) is 3.73. The van der Waals surface area contributed by atoms with Crippen LogP contribution in [0, 0.1) is 11.8 Å². The van der Waals surface area contributed by atoms with Gasteiger partial charge >= 0.3 is 0 Å². The van der Waals surface area contributed by atoms with E-state index in [1.54, 1.807) is 0 Å². The second-order valence-corrected chi connectivity index (χ2v) is 6.49. The van der Waals surface area contributed by atoms with Crippen LogP contribution in [0.3, 0.4) is 0 Å². The van der Waals surface area contributed by atoms with E-state index in [2.05, 4.69) is 31.0 Å². The van der Waals surface area contributed by atoms with E-state index in [0.29, 0.717) is 11.8 Å². The molecule has 0 aromatic rings. The number of amides is 1. The average Bonchev–Trinajstić information content (AvgIpc) is 2.93. The van der Waals surface area contributed by atoms with E-state index in [4.69, 9.17) is 4.74 Å². The van der Waals surface area contributed by atoms with Crippen molar-refractivity contribution in [2.24, 2.45) is 11.8 Å². The Balaban J connectivity index is 1.97. The number of piperidine rings is 1. The molecule has 0 spiro atoms. The molecule has 4 heteroatoms. The molecule has 0 saturated carbocycles. The largest absolute Gasteiger partial charge is 0.377 e.